The van der Waals surface area contributed by atoms with Gasteiger partial charge in [0.15, 0.2) is 0 Å². The Kier molecular flexibility index (Phi) is 9.11. The maximum atomic E-state index is 2.46. The lowest BCUT2D eigenvalue weighted by Gasteiger charge is -2.35. The molecule has 0 fully saturated rings. The Morgan fingerprint density at radius 2 is 0.940 bits per heavy atom. The standard InChI is InChI=1S/C65H44N2/c1-5-23-49(24-6-1)65(50-25-7-2-8-26-50)59-34-17-15-33-56(59)57-40-38-53(44-60(57)65)66(51-27-9-3-10-28-51)61-35-18-16-31-54(61)48-22-19-21-46(42-48)47-36-39-58-63(43-47)67(52-29-11-4-12-30-52)62-41-37-45-20-13-14-32-55(45)64(58)62/h1-44H. The van der Waals surface area contributed by atoms with E-state index in [-0.39, 0.29) is 0 Å². The summed E-state index contributed by atoms with van der Waals surface area (Å²) in [5.74, 6) is 0. The third-order valence-corrected chi connectivity index (χ3v) is 14.0. The Bertz CT molecular complexity index is 3760. The highest BCUT2D eigenvalue weighted by Gasteiger charge is 2.46. The van der Waals surface area contributed by atoms with Gasteiger partial charge < -0.3 is 9.47 Å². The molecule has 12 aromatic rings. The summed E-state index contributed by atoms with van der Waals surface area (Å²) in [6, 6.07) is 98.0. The first kappa shape index (κ1) is 38.7. The normalized spacial score (nSPS) is 12.6. The smallest absolute Gasteiger partial charge is 0.0714 e. The fourth-order valence-corrected chi connectivity index (χ4v) is 11.2. The van der Waals surface area contributed by atoms with Gasteiger partial charge in [0.25, 0.3) is 0 Å². The third kappa shape index (κ3) is 6.11. The molecule has 1 heterocycles. The van der Waals surface area contributed by atoms with E-state index >= 15 is 0 Å². The summed E-state index contributed by atoms with van der Waals surface area (Å²) >= 11 is 0. The Labute approximate surface area is 390 Å². The molecule has 1 aromatic heterocycles. The summed E-state index contributed by atoms with van der Waals surface area (Å²) in [5, 5.41) is 5.05. The summed E-state index contributed by atoms with van der Waals surface area (Å²) in [6.07, 6.45) is 0. The maximum Gasteiger partial charge on any atom is 0.0714 e. The number of para-hydroxylation sites is 3. The topological polar surface area (TPSA) is 8.17 Å². The fourth-order valence-electron chi connectivity index (χ4n) is 11.2. The minimum absolute atomic E-state index is 0.513. The molecule has 0 radical (unpaired) electrons. The first-order valence-electron chi connectivity index (χ1n) is 23.2. The zero-order valence-corrected chi connectivity index (χ0v) is 36.8. The summed E-state index contributed by atoms with van der Waals surface area (Å²) < 4.78 is 2.43. The van der Waals surface area contributed by atoms with Gasteiger partial charge >= 0.3 is 0 Å². The van der Waals surface area contributed by atoms with E-state index in [1.807, 2.05) is 0 Å². The van der Waals surface area contributed by atoms with Crippen LogP contribution in [-0.4, -0.2) is 4.57 Å². The molecular weight excluding hydrogens is 809 g/mol. The average Bonchev–Trinajstić information content (AvgIpc) is 3.90. The molecule has 1 aliphatic rings. The average molecular weight is 853 g/mol. The van der Waals surface area contributed by atoms with Crippen LogP contribution in [0.5, 0.6) is 0 Å². The second-order valence-corrected chi connectivity index (χ2v) is 17.6. The molecule has 0 amide bonds. The van der Waals surface area contributed by atoms with E-state index < -0.39 is 5.41 Å². The van der Waals surface area contributed by atoms with E-state index in [1.165, 1.54) is 77.1 Å². The van der Waals surface area contributed by atoms with E-state index in [0.29, 0.717) is 0 Å². The van der Waals surface area contributed by atoms with Crippen molar-refractivity contribution >= 4 is 49.6 Å². The number of hydrogen-bond acceptors (Lipinski definition) is 1. The Morgan fingerprint density at radius 3 is 1.72 bits per heavy atom. The summed E-state index contributed by atoms with van der Waals surface area (Å²) in [4.78, 5) is 2.45. The molecule has 0 N–H and O–H groups in total. The number of nitrogens with zero attached hydrogens (tertiary/aromatic N) is 2. The highest BCUT2D eigenvalue weighted by Crippen LogP contribution is 2.57. The number of hydrogen-bond donors (Lipinski definition) is 0. The number of rotatable bonds is 8. The predicted molar refractivity (Wildman–Crippen MR) is 281 cm³/mol. The SMILES string of the molecule is c1ccc(N(c2ccc3c(c2)C(c2ccccc2)(c2ccccc2)c2ccccc2-3)c2ccccc2-c2cccc(-c3ccc4c5c6ccccc6ccc5n(-c5ccccc5)c4c3)c2)cc1. The van der Waals surface area contributed by atoms with Crippen LogP contribution in [0, 0.1) is 0 Å². The van der Waals surface area contributed by atoms with Crippen LogP contribution in [0.15, 0.2) is 267 Å². The van der Waals surface area contributed by atoms with E-state index in [9.17, 15) is 0 Å². The lowest BCUT2D eigenvalue weighted by molar-refractivity contribution is 0.768. The minimum atomic E-state index is -0.513. The van der Waals surface area contributed by atoms with Crippen LogP contribution in [0.25, 0.3) is 71.6 Å². The monoisotopic (exact) mass is 852 g/mol. The summed E-state index contributed by atoms with van der Waals surface area (Å²) in [7, 11) is 0. The zero-order chi connectivity index (χ0) is 44.3. The molecule has 2 heteroatoms. The second-order valence-electron chi connectivity index (χ2n) is 17.6. The summed E-state index contributed by atoms with van der Waals surface area (Å²) in [5.41, 5.74) is 18.6. The molecule has 11 aromatic carbocycles. The quantitative estimate of drug-likeness (QED) is 0.148. The van der Waals surface area contributed by atoms with Gasteiger partial charge in [-0.25, -0.2) is 0 Å². The molecule has 13 rings (SSSR count). The van der Waals surface area contributed by atoms with E-state index in [0.717, 1.165) is 33.9 Å². The van der Waals surface area contributed by atoms with Crippen molar-refractivity contribution in [3.63, 3.8) is 0 Å². The van der Waals surface area contributed by atoms with Crippen molar-refractivity contribution in [1.82, 2.24) is 4.57 Å². The lowest BCUT2D eigenvalue weighted by atomic mass is 9.67. The van der Waals surface area contributed by atoms with Crippen molar-refractivity contribution in [2.45, 2.75) is 5.41 Å². The van der Waals surface area contributed by atoms with Crippen molar-refractivity contribution in [1.29, 1.82) is 0 Å². The minimum Gasteiger partial charge on any atom is -0.310 e. The number of aromatic nitrogens is 1. The first-order chi connectivity index (χ1) is 33.3. The Morgan fingerprint density at radius 1 is 0.328 bits per heavy atom. The summed E-state index contributed by atoms with van der Waals surface area (Å²) in [6.45, 7) is 0. The van der Waals surface area contributed by atoms with Crippen LogP contribution in [0.3, 0.4) is 0 Å². The molecule has 314 valence electrons. The van der Waals surface area contributed by atoms with E-state index in [4.69, 9.17) is 0 Å². The van der Waals surface area contributed by atoms with E-state index in [2.05, 4.69) is 276 Å². The Balaban J connectivity index is 0.983. The molecule has 0 bridgehead atoms. The van der Waals surface area contributed by atoms with Crippen LogP contribution in [-0.2, 0) is 5.41 Å². The molecule has 2 nitrogen and oxygen atoms in total. The van der Waals surface area contributed by atoms with Crippen molar-refractivity contribution in [3.8, 4) is 39.1 Å². The lowest BCUT2D eigenvalue weighted by Crippen LogP contribution is -2.28. The van der Waals surface area contributed by atoms with Crippen LogP contribution >= 0.6 is 0 Å². The molecule has 67 heavy (non-hydrogen) atoms. The van der Waals surface area contributed by atoms with Crippen LogP contribution in [0.1, 0.15) is 22.3 Å². The highest BCUT2D eigenvalue weighted by molar-refractivity contribution is 6.21. The van der Waals surface area contributed by atoms with Gasteiger partial charge in [-0.05, 0) is 122 Å². The third-order valence-electron chi connectivity index (χ3n) is 14.0. The van der Waals surface area contributed by atoms with Gasteiger partial charge in [-0.3, -0.25) is 0 Å². The fraction of sp³-hybridized carbons (Fsp3) is 0.0154. The molecule has 0 aliphatic heterocycles. The largest absolute Gasteiger partial charge is 0.310 e. The number of benzene rings is 11. The molecule has 0 saturated carbocycles. The number of anilines is 3. The van der Waals surface area contributed by atoms with Gasteiger partial charge in [-0.15, -0.1) is 0 Å². The van der Waals surface area contributed by atoms with Gasteiger partial charge in [0.2, 0.25) is 0 Å². The van der Waals surface area contributed by atoms with Crippen LogP contribution in [0.2, 0.25) is 0 Å². The highest BCUT2D eigenvalue weighted by atomic mass is 15.1. The first-order valence-corrected chi connectivity index (χ1v) is 23.2. The van der Waals surface area contributed by atoms with Crippen molar-refractivity contribution in [3.05, 3.63) is 289 Å². The molecule has 0 saturated heterocycles. The number of fused-ring (bicyclic) bond motifs is 8. The van der Waals surface area contributed by atoms with Gasteiger partial charge in [0.1, 0.15) is 0 Å². The molecule has 1 aliphatic carbocycles. The van der Waals surface area contributed by atoms with Gasteiger partial charge in [-0.2, -0.15) is 0 Å². The maximum absolute atomic E-state index is 2.46. The van der Waals surface area contributed by atoms with Crippen LogP contribution < -0.4 is 4.90 Å². The molecule has 0 atom stereocenters. The predicted octanol–water partition coefficient (Wildman–Crippen LogP) is 17.1. The molecule has 0 unspecified atom stereocenters. The van der Waals surface area contributed by atoms with Gasteiger partial charge in [0, 0.05) is 33.4 Å². The zero-order valence-electron chi connectivity index (χ0n) is 36.8. The molecular formula is C65H44N2. The Hall–Kier alpha value is -8.72. The van der Waals surface area contributed by atoms with Gasteiger partial charge in [-0.1, -0.05) is 206 Å². The van der Waals surface area contributed by atoms with Gasteiger partial charge in [0.05, 0.1) is 22.1 Å². The molecule has 0 spiro atoms. The van der Waals surface area contributed by atoms with Crippen molar-refractivity contribution in [2.24, 2.45) is 0 Å². The van der Waals surface area contributed by atoms with Crippen LogP contribution in [0.4, 0.5) is 17.1 Å². The second kappa shape index (κ2) is 15.8. The van der Waals surface area contributed by atoms with E-state index in [1.54, 1.807) is 0 Å². The van der Waals surface area contributed by atoms with Crippen molar-refractivity contribution in [2.75, 3.05) is 4.90 Å². The van der Waals surface area contributed by atoms with Crippen molar-refractivity contribution < 1.29 is 0 Å².